The first-order valence-corrected chi connectivity index (χ1v) is 15.3. The molecule has 5 atom stereocenters. The van der Waals surface area contributed by atoms with Crippen molar-refractivity contribution in [3.63, 3.8) is 0 Å². The van der Waals surface area contributed by atoms with Gasteiger partial charge in [0.05, 0.1) is 39.6 Å². The molecule has 0 N–H and O–H groups in total. The molecule has 4 aromatic rings. The lowest BCUT2D eigenvalue weighted by Crippen LogP contribution is -2.66. The van der Waals surface area contributed by atoms with E-state index in [-0.39, 0.29) is 0 Å². The fourth-order valence-corrected chi connectivity index (χ4v) is 5.75. The van der Waals surface area contributed by atoms with Gasteiger partial charge in [-0.1, -0.05) is 121 Å². The third-order valence-electron chi connectivity index (χ3n) is 7.93. The molecule has 2 aliphatic rings. The Morgan fingerprint density at radius 1 is 0.591 bits per heavy atom. The van der Waals surface area contributed by atoms with Gasteiger partial charge in [-0.15, -0.1) is 0 Å². The summed E-state index contributed by atoms with van der Waals surface area (Å²) in [7, 11) is 0. The molecule has 0 aliphatic carbocycles. The van der Waals surface area contributed by atoms with Crippen LogP contribution in [-0.4, -0.2) is 43.4 Å². The second-order valence-corrected chi connectivity index (χ2v) is 11.4. The quantitative estimate of drug-likeness (QED) is 0.155. The molecule has 228 valence electrons. The van der Waals surface area contributed by atoms with Crippen LogP contribution in [0.15, 0.2) is 133 Å². The van der Waals surface area contributed by atoms with Crippen molar-refractivity contribution in [2.24, 2.45) is 0 Å². The molecule has 1 spiro atoms. The van der Waals surface area contributed by atoms with Crippen LogP contribution in [-0.2, 0) is 54.8 Å². The van der Waals surface area contributed by atoms with E-state index in [1.165, 1.54) is 0 Å². The molecule has 2 heterocycles. The van der Waals surface area contributed by atoms with Gasteiger partial charge in [-0.2, -0.15) is 0 Å². The molecular formula is C38H40O6. The van der Waals surface area contributed by atoms with E-state index in [1.54, 1.807) is 0 Å². The summed E-state index contributed by atoms with van der Waals surface area (Å²) < 4.78 is 39.8. The number of rotatable bonds is 13. The SMILES string of the molecule is CC1=C[C@]2(OC1)OC(COCc1ccccc1)[C@@H](OCc1ccccc1)C(OCc1ccccc1)C2OCc1ccccc1. The molecule has 4 aromatic carbocycles. The monoisotopic (exact) mass is 592 g/mol. The Morgan fingerprint density at radius 3 is 1.52 bits per heavy atom. The lowest BCUT2D eigenvalue weighted by atomic mass is 9.91. The van der Waals surface area contributed by atoms with Gasteiger partial charge in [0.25, 0.3) is 0 Å². The van der Waals surface area contributed by atoms with Crippen molar-refractivity contribution in [1.82, 2.24) is 0 Å². The normalized spacial score (nSPS) is 24.8. The van der Waals surface area contributed by atoms with Gasteiger partial charge in [-0.05, 0) is 40.8 Å². The van der Waals surface area contributed by atoms with Crippen LogP contribution in [0.2, 0.25) is 0 Å². The molecule has 1 saturated heterocycles. The number of ether oxygens (including phenoxy) is 6. The predicted octanol–water partition coefficient (Wildman–Crippen LogP) is 7.03. The van der Waals surface area contributed by atoms with Gasteiger partial charge < -0.3 is 28.4 Å². The molecule has 1 fully saturated rings. The summed E-state index contributed by atoms with van der Waals surface area (Å²) in [6.45, 7) is 4.40. The van der Waals surface area contributed by atoms with Gasteiger partial charge >= 0.3 is 0 Å². The Bertz CT molecular complexity index is 1450. The Labute approximate surface area is 260 Å². The maximum atomic E-state index is 6.87. The first-order chi connectivity index (χ1) is 21.7. The van der Waals surface area contributed by atoms with Crippen molar-refractivity contribution < 1.29 is 28.4 Å². The minimum atomic E-state index is -1.15. The predicted molar refractivity (Wildman–Crippen MR) is 168 cm³/mol. The van der Waals surface area contributed by atoms with Gasteiger partial charge in [0.2, 0.25) is 5.79 Å². The van der Waals surface area contributed by atoms with E-state index in [9.17, 15) is 0 Å². The maximum Gasteiger partial charge on any atom is 0.218 e. The van der Waals surface area contributed by atoms with Gasteiger partial charge in [0.1, 0.15) is 24.4 Å². The largest absolute Gasteiger partial charge is 0.374 e. The zero-order valence-electron chi connectivity index (χ0n) is 25.1. The van der Waals surface area contributed by atoms with Crippen LogP contribution in [0, 0.1) is 0 Å². The zero-order chi connectivity index (χ0) is 30.0. The van der Waals surface area contributed by atoms with Crippen molar-refractivity contribution >= 4 is 0 Å². The highest BCUT2D eigenvalue weighted by Crippen LogP contribution is 2.42. The smallest absolute Gasteiger partial charge is 0.218 e. The van der Waals surface area contributed by atoms with Crippen LogP contribution in [0.5, 0.6) is 0 Å². The fraction of sp³-hybridized carbons (Fsp3) is 0.316. The average Bonchev–Trinajstić information content (AvgIpc) is 3.44. The van der Waals surface area contributed by atoms with E-state index in [4.69, 9.17) is 28.4 Å². The molecule has 0 saturated carbocycles. The minimum absolute atomic E-state index is 0.295. The molecule has 44 heavy (non-hydrogen) atoms. The second kappa shape index (κ2) is 14.9. The molecule has 0 amide bonds. The van der Waals surface area contributed by atoms with Gasteiger partial charge in [0, 0.05) is 0 Å². The molecule has 6 heteroatoms. The first kappa shape index (κ1) is 30.4. The van der Waals surface area contributed by atoms with Crippen molar-refractivity contribution in [2.75, 3.05) is 13.2 Å². The average molecular weight is 593 g/mol. The van der Waals surface area contributed by atoms with Crippen LogP contribution in [0.4, 0.5) is 0 Å². The summed E-state index contributed by atoms with van der Waals surface area (Å²) in [6.07, 6.45) is -0.0705. The molecule has 0 aromatic heterocycles. The number of benzene rings is 4. The van der Waals surface area contributed by atoms with E-state index in [0.717, 1.165) is 27.8 Å². The van der Waals surface area contributed by atoms with E-state index in [2.05, 4.69) is 48.5 Å². The van der Waals surface area contributed by atoms with Gasteiger partial charge in [0.15, 0.2) is 0 Å². The van der Waals surface area contributed by atoms with Crippen molar-refractivity contribution in [1.29, 1.82) is 0 Å². The fourth-order valence-electron chi connectivity index (χ4n) is 5.75. The second-order valence-electron chi connectivity index (χ2n) is 11.4. The molecule has 3 unspecified atom stereocenters. The summed E-state index contributed by atoms with van der Waals surface area (Å²) in [6, 6.07) is 40.6. The molecule has 0 bridgehead atoms. The molecule has 6 rings (SSSR count). The summed E-state index contributed by atoms with van der Waals surface area (Å²) >= 11 is 0. The Hall–Kier alpha value is -3.62. The molecule has 2 aliphatic heterocycles. The third-order valence-corrected chi connectivity index (χ3v) is 7.93. The Balaban J connectivity index is 1.32. The first-order valence-electron chi connectivity index (χ1n) is 15.3. The van der Waals surface area contributed by atoms with E-state index in [1.807, 2.05) is 85.8 Å². The van der Waals surface area contributed by atoms with Crippen molar-refractivity contribution in [3.8, 4) is 0 Å². The van der Waals surface area contributed by atoms with Gasteiger partial charge in [-0.3, -0.25) is 0 Å². The maximum absolute atomic E-state index is 6.87. The highest BCUT2D eigenvalue weighted by Gasteiger charge is 2.58. The Morgan fingerprint density at radius 2 is 1.05 bits per heavy atom. The van der Waals surface area contributed by atoms with E-state index < -0.39 is 30.2 Å². The number of hydrogen-bond acceptors (Lipinski definition) is 6. The Kier molecular flexibility index (Phi) is 10.3. The van der Waals surface area contributed by atoms with Crippen LogP contribution in [0.1, 0.15) is 29.2 Å². The van der Waals surface area contributed by atoms with Crippen molar-refractivity contribution in [2.45, 2.75) is 63.6 Å². The lowest BCUT2D eigenvalue weighted by Gasteiger charge is -2.50. The third kappa shape index (κ3) is 7.71. The van der Waals surface area contributed by atoms with Gasteiger partial charge in [-0.25, -0.2) is 0 Å². The van der Waals surface area contributed by atoms with Crippen LogP contribution < -0.4 is 0 Å². The topological polar surface area (TPSA) is 55.4 Å². The highest BCUT2D eigenvalue weighted by atomic mass is 16.7. The molecule has 6 nitrogen and oxygen atoms in total. The summed E-state index contributed by atoms with van der Waals surface area (Å²) in [5, 5.41) is 0. The van der Waals surface area contributed by atoms with E-state index in [0.29, 0.717) is 39.6 Å². The lowest BCUT2D eigenvalue weighted by molar-refractivity contribution is -0.357. The summed E-state index contributed by atoms with van der Waals surface area (Å²) in [5.74, 6) is -1.15. The van der Waals surface area contributed by atoms with Crippen LogP contribution in [0.25, 0.3) is 0 Å². The van der Waals surface area contributed by atoms with Crippen LogP contribution >= 0.6 is 0 Å². The standard InChI is InChI=1S/C38H40O6/c1-29-22-38(43-23-29)37(42-27-33-20-12-5-13-21-33)36(41-26-32-18-10-4-11-19-32)35(40-25-31-16-8-3-9-17-31)34(44-38)28-39-24-30-14-6-2-7-15-30/h2-22,34-37H,23-28H2,1H3/t34?,35-,36?,37?,38+/m1/s1. The minimum Gasteiger partial charge on any atom is -0.374 e. The van der Waals surface area contributed by atoms with Crippen LogP contribution in [0.3, 0.4) is 0 Å². The van der Waals surface area contributed by atoms with E-state index >= 15 is 0 Å². The molecule has 0 radical (unpaired) electrons. The summed E-state index contributed by atoms with van der Waals surface area (Å²) in [5.41, 5.74) is 5.35. The molecular weight excluding hydrogens is 552 g/mol. The summed E-state index contributed by atoms with van der Waals surface area (Å²) in [4.78, 5) is 0. The zero-order valence-corrected chi connectivity index (χ0v) is 25.1. The van der Waals surface area contributed by atoms with Crippen molar-refractivity contribution in [3.05, 3.63) is 155 Å². The number of hydrogen-bond donors (Lipinski definition) is 0. The highest BCUT2D eigenvalue weighted by molar-refractivity contribution is 5.21.